The third-order valence-corrected chi connectivity index (χ3v) is 8.59. The minimum atomic E-state index is -3.48. The second-order valence-corrected chi connectivity index (χ2v) is 10.4. The van der Waals surface area contributed by atoms with Crippen molar-refractivity contribution in [3.63, 3.8) is 0 Å². The molecule has 3 rings (SSSR count). The molecule has 6 nitrogen and oxygen atoms in total. The number of likely N-dealkylation sites (tertiary alicyclic amines) is 1. The number of nitrogens with zero attached hydrogens (tertiary/aromatic N) is 2. The molecule has 1 N–H and O–H groups in total. The van der Waals surface area contributed by atoms with Crippen LogP contribution < -0.4 is 5.32 Å². The summed E-state index contributed by atoms with van der Waals surface area (Å²) >= 11 is 1.30. The fourth-order valence-electron chi connectivity index (χ4n) is 3.69. The predicted molar refractivity (Wildman–Crippen MR) is 106 cm³/mol. The van der Waals surface area contributed by atoms with Crippen LogP contribution >= 0.6 is 23.7 Å². The maximum Gasteiger partial charge on any atom is 0.252 e. The smallest absolute Gasteiger partial charge is 0.252 e. The molecule has 3 heterocycles. The van der Waals surface area contributed by atoms with Gasteiger partial charge in [-0.15, -0.1) is 23.7 Å². The van der Waals surface area contributed by atoms with E-state index in [1.807, 2.05) is 24.9 Å². The van der Waals surface area contributed by atoms with Gasteiger partial charge in [-0.2, -0.15) is 4.31 Å². The molecule has 1 atom stereocenters. The Morgan fingerprint density at radius 2 is 1.88 bits per heavy atom. The van der Waals surface area contributed by atoms with Gasteiger partial charge in [-0.3, -0.25) is 4.79 Å². The van der Waals surface area contributed by atoms with E-state index in [-0.39, 0.29) is 24.2 Å². The van der Waals surface area contributed by atoms with Gasteiger partial charge >= 0.3 is 0 Å². The van der Waals surface area contributed by atoms with Crippen molar-refractivity contribution in [3.05, 3.63) is 17.0 Å². The van der Waals surface area contributed by atoms with E-state index in [0.29, 0.717) is 23.3 Å². The van der Waals surface area contributed by atoms with Crippen LogP contribution in [0.15, 0.2) is 16.3 Å². The van der Waals surface area contributed by atoms with Gasteiger partial charge in [-0.25, -0.2) is 8.42 Å². The van der Waals surface area contributed by atoms with Gasteiger partial charge in [0.2, 0.25) is 5.91 Å². The number of hydrogen-bond acceptors (Lipinski definition) is 5. The molecular weight excluding hydrogens is 394 g/mol. The van der Waals surface area contributed by atoms with Crippen LogP contribution in [-0.4, -0.2) is 62.8 Å². The summed E-state index contributed by atoms with van der Waals surface area (Å²) < 4.78 is 27.5. The molecule has 1 aromatic rings. The summed E-state index contributed by atoms with van der Waals surface area (Å²) in [4.78, 5) is 15.8. The number of sulfonamides is 1. The molecule has 2 aliphatic rings. The second-order valence-electron chi connectivity index (χ2n) is 6.96. The summed E-state index contributed by atoms with van der Waals surface area (Å²) in [6, 6.07) is 3.98. The molecule has 1 aromatic heterocycles. The molecule has 0 aliphatic carbocycles. The minimum Gasteiger partial charge on any atom is -0.342 e. The van der Waals surface area contributed by atoms with E-state index in [1.54, 1.807) is 6.07 Å². The van der Waals surface area contributed by atoms with Gasteiger partial charge < -0.3 is 10.2 Å². The first-order valence-electron chi connectivity index (χ1n) is 8.94. The first-order chi connectivity index (χ1) is 11.9. The molecule has 0 bridgehead atoms. The highest BCUT2D eigenvalue weighted by atomic mass is 35.5. The Hall–Kier alpha value is -0.670. The number of aryl methyl sites for hydroxylation is 1. The molecule has 2 saturated heterocycles. The summed E-state index contributed by atoms with van der Waals surface area (Å²) in [5.74, 6) is -0.0902. The summed E-state index contributed by atoms with van der Waals surface area (Å²) in [6.07, 6.45) is 3.45. The average molecular weight is 422 g/mol. The molecular formula is C17H28ClN3O3S2. The number of halogens is 1. The highest BCUT2D eigenvalue weighted by Crippen LogP contribution is 2.29. The molecule has 1 amide bonds. The van der Waals surface area contributed by atoms with Gasteiger partial charge in [-0.1, -0.05) is 0 Å². The molecule has 0 radical (unpaired) electrons. The molecule has 148 valence electrons. The highest BCUT2D eigenvalue weighted by Gasteiger charge is 2.36. The SMILES string of the molecule is CNC1CCN(C(=O)C2CCCN(S(=O)(=O)c3ccc(C)s3)C2)CC1.Cl. The Bertz CT molecular complexity index is 715. The lowest BCUT2D eigenvalue weighted by atomic mass is 9.96. The van der Waals surface area contributed by atoms with Crippen LogP contribution in [0.4, 0.5) is 0 Å². The number of thiophene rings is 1. The quantitative estimate of drug-likeness (QED) is 0.808. The number of carbonyl (C=O) groups is 1. The molecule has 2 fully saturated rings. The molecule has 1 unspecified atom stereocenters. The lowest BCUT2D eigenvalue weighted by Gasteiger charge is -2.37. The van der Waals surface area contributed by atoms with E-state index in [1.165, 1.54) is 15.6 Å². The Morgan fingerprint density at radius 1 is 1.19 bits per heavy atom. The normalized spacial score (nSPS) is 22.8. The first kappa shape index (κ1) is 21.6. The minimum absolute atomic E-state index is 0. The van der Waals surface area contributed by atoms with Gasteiger partial charge in [0.1, 0.15) is 4.21 Å². The van der Waals surface area contributed by atoms with Crippen molar-refractivity contribution in [3.8, 4) is 0 Å². The van der Waals surface area contributed by atoms with Crippen LogP contribution in [0.3, 0.4) is 0 Å². The van der Waals surface area contributed by atoms with Gasteiger partial charge in [0.25, 0.3) is 10.0 Å². The van der Waals surface area contributed by atoms with E-state index in [0.717, 1.165) is 43.6 Å². The van der Waals surface area contributed by atoms with E-state index in [9.17, 15) is 13.2 Å². The largest absolute Gasteiger partial charge is 0.342 e. The van der Waals surface area contributed by atoms with E-state index in [2.05, 4.69) is 5.32 Å². The van der Waals surface area contributed by atoms with Crippen LogP contribution in [0.2, 0.25) is 0 Å². The molecule has 9 heteroatoms. The number of hydrogen-bond donors (Lipinski definition) is 1. The zero-order valence-electron chi connectivity index (χ0n) is 15.3. The predicted octanol–water partition coefficient (Wildman–Crippen LogP) is 2.09. The van der Waals surface area contributed by atoms with Crippen LogP contribution in [0, 0.1) is 12.8 Å². The second kappa shape index (κ2) is 9.01. The van der Waals surface area contributed by atoms with Crippen LogP contribution in [0.5, 0.6) is 0 Å². The van der Waals surface area contributed by atoms with Crippen LogP contribution in [-0.2, 0) is 14.8 Å². The molecule has 0 spiro atoms. The lowest BCUT2D eigenvalue weighted by molar-refractivity contribution is -0.137. The van der Waals surface area contributed by atoms with Gasteiger partial charge in [0.05, 0.1) is 5.92 Å². The summed E-state index contributed by atoms with van der Waals surface area (Å²) in [6.45, 7) is 4.24. The van der Waals surface area contributed by atoms with E-state index >= 15 is 0 Å². The molecule has 2 aliphatic heterocycles. The number of rotatable bonds is 4. The number of nitrogens with one attached hydrogen (secondary N) is 1. The molecule has 0 saturated carbocycles. The van der Waals surface area contributed by atoms with Crippen molar-refractivity contribution in [2.24, 2.45) is 5.92 Å². The topological polar surface area (TPSA) is 69.7 Å². The Labute approximate surface area is 166 Å². The molecule has 26 heavy (non-hydrogen) atoms. The Morgan fingerprint density at radius 3 is 2.46 bits per heavy atom. The monoisotopic (exact) mass is 421 g/mol. The molecule has 0 aromatic carbocycles. The van der Waals surface area contributed by atoms with Crippen molar-refractivity contribution in [2.45, 2.75) is 42.9 Å². The zero-order valence-corrected chi connectivity index (χ0v) is 17.8. The maximum atomic E-state index is 12.8. The Kier molecular flexibility index (Phi) is 7.50. The maximum absolute atomic E-state index is 12.8. The lowest BCUT2D eigenvalue weighted by Crippen LogP contribution is -2.50. The van der Waals surface area contributed by atoms with Gasteiger partial charge in [-0.05, 0) is 51.8 Å². The third-order valence-electron chi connectivity index (χ3n) is 5.26. The van der Waals surface area contributed by atoms with Gasteiger partial charge in [0.15, 0.2) is 0 Å². The van der Waals surface area contributed by atoms with Crippen molar-refractivity contribution in [1.82, 2.24) is 14.5 Å². The highest BCUT2D eigenvalue weighted by molar-refractivity contribution is 7.91. The van der Waals surface area contributed by atoms with Crippen molar-refractivity contribution < 1.29 is 13.2 Å². The summed E-state index contributed by atoms with van der Waals surface area (Å²) in [7, 11) is -1.52. The van der Waals surface area contributed by atoms with Crippen LogP contribution in [0.1, 0.15) is 30.6 Å². The van der Waals surface area contributed by atoms with E-state index < -0.39 is 10.0 Å². The van der Waals surface area contributed by atoms with E-state index in [4.69, 9.17) is 0 Å². The number of amides is 1. The van der Waals surface area contributed by atoms with Crippen molar-refractivity contribution >= 4 is 39.7 Å². The van der Waals surface area contributed by atoms with Crippen molar-refractivity contribution in [2.75, 3.05) is 33.2 Å². The van der Waals surface area contributed by atoms with Gasteiger partial charge in [0, 0.05) is 37.1 Å². The summed E-state index contributed by atoms with van der Waals surface area (Å²) in [5.41, 5.74) is 0. The Balaban J connectivity index is 0.00000243. The van der Waals surface area contributed by atoms with Crippen LogP contribution in [0.25, 0.3) is 0 Å². The third kappa shape index (κ3) is 4.59. The fraction of sp³-hybridized carbons (Fsp3) is 0.706. The zero-order chi connectivity index (χ0) is 18.0. The number of piperidine rings is 2. The fourth-order valence-corrected chi connectivity index (χ4v) is 6.65. The average Bonchev–Trinajstić information content (AvgIpc) is 3.08. The van der Waals surface area contributed by atoms with Crippen molar-refractivity contribution in [1.29, 1.82) is 0 Å². The summed E-state index contributed by atoms with van der Waals surface area (Å²) in [5, 5.41) is 3.27. The number of carbonyl (C=O) groups excluding carboxylic acids is 1. The standard InChI is InChI=1S/C17H27N3O3S2.ClH/c1-13-5-6-16(24-13)25(22,23)20-9-3-4-14(12-20)17(21)19-10-7-15(18-2)8-11-19;/h5-6,14-15,18H,3-4,7-12H2,1-2H3;1H. The first-order valence-corrected chi connectivity index (χ1v) is 11.2.